The number of aliphatic hydroxyl groups excluding tert-OH is 1. The lowest BCUT2D eigenvalue weighted by Gasteiger charge is -2.27. The highest BCUT2D eigenvalue weighted by Gasteiger charge is 2.20. The maximum absolute atomic E-state index is 12.5. The van der Waals surface area contributed by atoms with Crippen molar-refractivity contribution in [2.24, 2.45) is 5.41 Å². The van der Waals surface area contributed by atoms with E-state index in [1.165, 1.54) is 0 Å². The first kappa shape index (κ1) is 16.3. The lowest BCUT2D eigenvalue weighted by Crippen LogP contribution is -2.34. The van der Waals surface area contributed by atoms with Crippen LogP contribution in [0.2, 0.25) is 0 Å². The van der Waals surface area contributed by atoms with E-state index in [-0.39, 0.29) is 17.9 Å². The first-order chi connectivity index (χ1) is 9.24. The number of aryl methyl sites for hydroxylation is 1. The summed E-state index contributed by atoms with van der Waals surface area (Å²) in [5.74, 6) is 5.44. The second kappa shape index (κ2) is 6.58. The average Bonchev–Trinajstić information content (AvgIpc) is 2.35. The molecule has 20 heavy (non-hydrogen) atoms. The Balaban J connectivity index is 3.03. The fourth-order valence-corrected chi connectivity index (χ4v) is 2.06. The summed E-state index contributed by atoms with van der Waals surface area (Å²) in [7, 11) is 1.82. The van der Waals surface area contributed by atoms with Gasteiger partial charge in [-0.3, -0.25) is 4.79 Å². The van der Waals surface area contributed by atoms with Gasteiger partial charge in [-0.15, -0.1) is 0 Å². The molecular formula is C17H23NO2. The Morgan fingerprint density at radius 2 is 2.00 bits per heavy atom. The summed E-state index contributed by atoms with van der Waals surface area (Å²) < 4.78 is 0. The molecule has 108 valence electrons. The van der Waals surface area contributed by atoms with Gasteiger partial charge in [-0.2, -0.15) is 0 Å². The van der Waals surface area contributed by atoms with Gasteiger partial charge < -0.3 is 10.0 Å². The van der Waals surface area contributed by atoms with Crippen molar-refractivity contribution >= 4 is 5.91 Å². The molecule has 0 heterocycles. The van der Waals surface area contributed by atoms with E-state index in [2.05, 4.69) is 32.6 Å². The van der Waals surface area contributed by atoms with Gasteiger partial charge in [-0.25, -0.2) is 0 Å². The maximum Gasteiger partial charge on any atom is 0.253 e. The molecule has 0 atom stereocenters. The molecule has 0 saturated carbocycles. The molecule has 0 unspecified atom stereocenters. The van der Waals surface area contributed by atoms with Gasteiger partial charge in [0.2, 0.25) is 0 Å². The highest BCUT2D eigenvalue weighted by atomic mass is 16.2. The first-order valence-electron chi connectivity index (χ1n) is 6.70. The van der Waals surface area contributed by atoms with E-state index in [9.17, 15) is 4.79 Å². The van der Waals surface area contributed by atoms with E-state index in [0.717, 1.165) is 11.1 Å². The first-order valence-corrected chi connectivity index (χ1v) is 6.70. The van der Waals surface area contributed by atoms with Gasteiger partial charge in [0.15, 0.2) is 0 Å². The van der Waals surface area contributed by atoms with Crippen molar-refractivity contribution in [1.29, 1.82) is 0 Å². The molecule has 3 nitrogen and oxygen atoms in total. The molecule has 3 heteroatoms. The Kier molecular flexibility index (Phi) is 5.35. The normalized spacial score (nSPS) is 10.7. The second-order valence-corrected chi connectivity index (χ2v) is 6.21. The molecule has 1 aromatic rings. The second-order valence-electron chi connectivity index (χ2n) is 6.21. The van der Waals surface area contributed by atoms with Crippen molar-refractivity contribution in [3.05, 3.63) is 34.9 Å². The van der Waals surface area contributed by atoms with Crippen LogP contribution in [-0.2, 0) is 0 Å². The molecule has 1 aromatic carbocycles. The van der Waals surface area contributed by atoms with Crippen molar-refractivity contribution in [2.75, 3.05) is 20.2 Å². The van der Waals surface area contributed by atoms with Gasteiger partial charge in [-0.05, 0) is 30.0 Å². The molecule has 0 fully saturated rings. The molecule has 0 bridgehead atoms. The van der Waals surface area contributed by atoms with E-state index >= 15 is 0 Å². The van der Waals surface area contributed by atoms with Gasteiger partial charge in [0.1, 0.15) is 6.61 Å². The summed E-state index contributed by atoms with van der Waals surface area (Å²) in [4.78, 5) is 14.2. The molecule has 0 aliphatic carbocycles. The van der Waals surface area contributed by atoms with Crippen LogP contribution in [0.4, 0.5) is 0 Å². The predicted octanol–water partition coefficient (Wildman–Crippen LogP) is 2.46. The summed E-state index contributed by atoms with van der Waals surface area (Å²) >= 11 is 0. The quantitative estimate of drug-likeness (QED) is 0.841. The summed E-state index contributed by atoms with van der Waals surface area (Å²) in [5, 5.41) is 8.73. The van der Waals surface area contributed by atoms with Crippen LogP contribution in [0.15, 0.2) is 18.2 Å². The number of carbonyl (C=O) groups is 1. The molecule has 0 radical (unpaired) electrons. The van der Waals surface area contributed by atoms with Gasteiger partial charge in [-0.1, -0.05) is 38.7 Å². The van der Waals surface area contributed by atoms with Crippen molar-refractivity contribution in [3.63, 3.8) is 0 Å². The summed E-state index contributed by atoms with van der Waals surface area (Å²) in [5.41, 5.74) is 2.41. The summed E-state index contributed by atoms with van der Waals surface area (Å²) in [6, 6.07) is 5.54. The highest BCUT2D eigenvalue weighted by Crippen LogP contribution is 2.18. The summed E-state index contributed by atoms with van der Waals surface area (Å²) in [6.45, 7) is 8.74. The molecule has 0 aliphatic rings. The maximum atomic E-state index is 12.5. The Labute approximate surface area is 121 Å². The predicted molar refractivity (Wildman–Crippen MR) is 81.6 cm³/mol. The van der Waals surface area contributed by atoms with Crippen LogP contribution in [0.3, 0.4) is 0 Å². The SMILES string of the molecule is Cc1ccc(C#CCO)cc1C(=O)N(C)CC(C)(C)C. The standard InChI is InChI=1S/C17H23NO2/c1-13-8-9-14(7-6-10-19)11-15(13)16(20)18(5)12-17(2,3)4/h8-9,11,19H,10,12H2,1-5H3. The van der Waals surface area contributed by atoms with Gasteiger partial charge in [0, 0.05) is 24.7 Å². The number of rotatable bonds is 2. The van der Waals surface area contributed by atoms with Crippen LogP contribution in [0.1, 0.15) is 42.3 Å². The number of nitrogens with zero attached hydrogens (tertiary/aromatic N) is 1. The van der Waals surface area contributed by atoms with E-state index < -0.39 is 0 Å². The Morgan fingerprint density at radius 1 is 1.35 bits per heavy atom. The van der Waals surface area contributed by atoms with Gasteiger partial charge in [0.25, 0.3) is 5.91 Å². The topological polar surface area (TPSA) is 40.5 Å². The minimum absolute atomic E-state index is 0.00470. The van der Waals surface area contributed by atoms with E-state index in [1.807, 2.05) is 26.1 Å². The number of carbonyl (C=O) groups excluding carboxylic acids is 1. The third kappa shape index (κ3) is 4.71. The molecule has 0 spiro atoms. The van der Waals surface area contributed by atoms with Crippen molar-refractivity contribution in [3.8, 4) is 11.8 Å². The van der Waals surface area contributed by atoms with E-state index in [4.69, 9.17) is 5.11 Å². The highest BCUT2D eigenvalue weighted by molar-refractivity contribution is 5.95. The van der Waals surface area contributed by atoms with Crippen LogP contribution in [-0.4, -0.2) is 36.1 Å². The number of aliphatic hydroxyl groups is 1. The number of hydrogen-bond donors (Lipinski definition) is 1. The fraction of sp³-hybridized carbons (Fsp3) is 0.471. The van der Waals surface area contributed by atoms with Crippen molar-refractivity contribution < 1.29 is 9.90 Å². The van der Waals surface area contributed by atoms with Crippen LogP contribution in [0.25, 0.3) is 0 Å². The molecule has 1 N–H and O–H groups in total. The molecular weight excluding hydrogens is 250 g/mol. The fourth-order valence-electron chi connectivity index (χ4n) is 2.06. The number of amides is 1. The zero-order valence-electron chi connectivity index (χ0n) is 12.9. The van der Waals surface area contributed by atoms with E-state index in [0.29, 0.717) is 12.1 Å². The number of hydrogen-bond acceptors (Lipinski definition) is 2. The third-order valence-electron chi connectivity index (χ3n) is 2.84. The lowest BCUT2D eigenvalue weighted by molar-refractivity contribution is 0.0745. The Bertz CT molecular complexity index is 544. The number of benzene rings is 1. The zero-order valence-corrected chi connectivity index (χ0v) is 12.9. The molecule has 0 aromatic heterocycles. The third-order valence-corrected chi connectivity index (χ3v) is 2.84. The minimum atomic E-state index is -0.179. The molecule has 0 aliphatic heterocycles. The Morgan fingerprint density at radius 3 is 2.55 bits per heavy atom. The van der Waals surface area contributed by atoms with E-state index in [1.54, 1.807) is 11.0 Å². The van der Waals surface area contributed by atoms with Crippen molar-refractivity contribution in [1.82, 2.24) is 4.90 Å². The van der Waals surface area contributed by atoms with Crippen LogP contribution in [0.5, 0.6) is 0 Å². The monoisotopic (exact) mass is 273 g/mol. The molecule has 1 amide bonds. The van der Waals surface area contributed by atoms with Crippen LogP contribution < -0.4 is 0 Å². The molecule has 0 saturated heterocycles. The lowest BCUT2D eigenvalue weighted by atomic mass is 9.95. The smallest absolute Gasteiger partial charge is 0.253 e. The van der Waals surface area contributed by atoms with Crippen molar-refractivity contribution in [2.45, 2.75) is 27.7 Å². The largest absolute Gasteiger partial charge is 0.384 e. The Hall–Kier alpha value is -1.79. The van der Waals surface area contributed by atoms with Crippen LogP contribution >= 0.6 is 0 Å². The molecule has 1 rings (SSSR count). The van der Waals surface area contributed by atoms with Gasteiger partial charge in [0.05, 0.1) is 0 Å². The van der Waals surface area contributed by atoms with Crippen LogP contribution in [0, 0.1) is 24.2 Å². The average molecular weight is 273 g/mol. The summed E-state index contributed by atoms with van der Waals surface area (Å²) in [6.07, 6.45) is 0. The zero-order chi connectivity index (χ0) is 15.3. The van der Waals surface area contributed by atoms with Gasteiger partial charge >= 0.3 is 0 Å². The minimum Gasteiger partial charge on any atom is -0.384 e.